The number of hydrogen-bond donors (Lipinski definition) is 1. The normalized spacial score (nSPS) is 13.5. The predicted molar refractivity (Wildman–Crippen MR) is 73.4 cm³/mol. The third kappa shape index (κ3) is 2.74. The van der Waals surface area contributed by atoms with Crippen LogP contribution in [0.25, 0.3) is 0 Å². The maximum absolute atomic E-state index is 5.58. The lowest BCUT2D eigenvalue weighted by atomic mass is 10.2. The molecule has 4 heteroatoms. The van der Waals surface area contributed by atoms with Crippen LogP contribution in [0.3, 0.4) is 0 Å². The molecule has 1 aliphatic heterocycles. The molecule has 4 nitrogen and oxygen atoms in total. The largest absolute Gasteiger partial charge is 0.486 e. The maximum Gasteiger partial charge on any atom is 0.161 e. The van der Waals surface area contributed by atoms with E-state index in [-0.39, 0.29) is 0 Å². The van der Waals surface area contributed by atoms with Crippen molar-refractivity contribution in [3.63, 3.8) is 0 Å². The average molecular weight is 258 g/mol. The van der Waals surface area contributed by atoms with E-state index in [0.29, 0.717) is 13.2 Å². The fourth-order valence-corrected chi connectivity index (χ4v) is 2.21. The number of benzene rings is 1. The molecule has 19 heavy (non-hydrogen) atoms. The first-order valence-electron chi connectivity index (χ1n) is 6.52. The van der Waals surface area contributed by atoms with Gasteiger partial charge in [-0.15, -0.1) is 0 Å². The summed E-state index contributed by atoms with van der Waals surface area (Å²) in [7, 11) is 2.06. The lowest BCUT2D eigenvalue weighted by Gasteiger charge is -2.19. The fourth-order valence-electron chi connectivity index (χ4n) is 2.21. The van der Waals surface area contributed by atoms with Crippen molar-refractivity contribution in [1.29, 1.82) is 0 Å². The van der Waals surface area contributed by atoms with Crippen molar-refractivity contribution in [2.75, 3.05) is 13.2 Å². The molecule has 2 heterocycles. The molecule has 1 aromatic heterocycles. The van der Waals surface area contributed by atoms with Gasteiger partial charge in [-0.05, 0) is 29.8 Å². The van der Waals surface area contributed by atoms with Crippen LogP contribution in [0.2, 0.25) is 0 Å². The number of rotatable bonds is 4. The second-order valence-corrected chi connectivity index (χ2v) is 4.69. The van der Waals surface area contributed by atoms with Gasteiger partial charge in [0.1, 0.15) is 13.2 Å². The molecule has 100 valence electrons. The minimum Gasteiger partial charge on any atom is -0.486 e. The van der Waals surface area contributed by atoms with Gasteiger partial charge in [0.25, 0.3) is 0 Å². The summed E-state index contributed by atoms with van der Waals surface area (Å²) in [5.74, 6) is 1.70. The number of ether oxygens (including phenoxy) is 2. The molecule has 0 spiro atoms. The van der Waals surface area contributed by atoms with E-state index in [0.717, 1.165) is 24.6 Å². The van der Waals surface area contributed by atoms with E-state index in [4.69, 9.17) is 9.47 Å². The summed E-state index contributed by atoms with van der Waals surface area (Å²) >= 11 is 0. The van der Waals surface area contributed by atoms with Gasteiger partial charge in [-0.1, -0.05) is 6.07 Å². The van der Waals surface area contributed by atoms with E-state index in [1.807, 2.05) is 12.1 Å². The molecule has 0 aliphatic carbocycles. The monoisotopic (exact) mass is 258 g/mol. The standard InChI is InChI=1S/C15H18N2O2/c1-17-6-2-3-13(17)11-16-10-12-4-5-14-15(9-12)19-8-7-18-14/h2-6,9,16H,7-8,10-11H2,1H3. The molecule has 0 atom stereocenters. The zero-order chi connectivity index (χ0) is 13.1. The lowest BCUT2D eigenvalue weighted by Crippen LogP contribution is -2.17. The summed E-state index contributed by atoms with van der Waals surface area (Å²) in [5.41, 5.74) is 2.48. The van der Waals surface area contributed by atoms with E-state index < -0.39 is 0 Å². The Morgan fingerprint density at radius 2 is 1.95 bits per heavy atom. The Kier molecular flexibility index (Phi) is 3.42. The Morgan fingerprint density at radius 1 is 1.11 bits per heavy atom. The zero-order valence-corrected chi connectivity index (χ0v) is 11.1. The van der Waals surface area contributed by atoms with Crippen LogP contribution < -0.4 is 14.8 Å². The third-order valence-electron chi connectivity index (χ3n) is 3.29. The molecule has 0 saturated carbocycles. The van der Waals surface area contributed by atoms with Gasteiger partial charge in [-0.2, -0.15) is 0 Å². The summed E-state index contributed by atoms with van der Waals surface area (Å²) in [6.45, 7) is 2.95. The molecule has 0 radical (unpaired) electrons. The summed E-state index contributed by atoms with van der Waals surface area (Å²) < 4.78 is 13.2. The Bertz CT molecular complexity index is 563. The highest BCUT2D eigenvalue weighted by atomic mass is 16.6. The van der Waals surface area contributed by atoms with Crippen LogP contribution >= 0.6 is 0 Å². The van der Waals surface area contributed by atoms with Crippen molar-refractivity contribution in [2.24, 2.45) is 7.05 Å². The summed E-state index contributed by atoms with van der Waals surface area (Å²) in [4.78, 5) is 0. The van der Waals surface area contributed by atoms with Crippen LogP contribution in [-0.2, 0) is 20.1 Å². The number of aromatic nitrogens is 1. The van der Waals surface area contributed by atoms with Crippen molar-refractivity contribution in [3.05, 3.63) is 47.8 Å². The van der Waals surface area contributed by atoms with E-state index >= 15 is 0 Å². The van der Waals surface area contributed by atoms with Crippen LogP contribution in [-0.4, -0.2) is 17.8 Å². The van der Waals surface area contributed by atoms with Crippen LogP contribution in [0.15, 0.2) is 36.5 Å². The molecule has 2 aromatic rings. The van der Waals surface area contributed by atoms with Crippen LogP contribution in [0, 0.1) is 0 Å². The lowest BCUT2D eigenvalue weighted by molar-refractivity contribution is 0.171. The number of hydrogen-bond acceptors (Lipinski definition) is 3. The summed E-state index contributed by atoms with van der Waals surface area (Å²) in [6.07, 6.45) is 2.06. The first-order chi connectivity index (χ1) is 9.33. The molecule has 0 bridgehead atoms. The Labute approximate surface area is 113 Å². The number of nitrogens with zero attached hydrogens (tertiary/aromatic N) is 1. The predicted octanol–water partition coefficient (Wildman–Crippen LogP) is 2.09. The first kappa shape index (κ1) is 12.1. The molecule has 1 aromatic carbocycles. The van der Waals surface area contributed by atoms with Crippen molar-refractivity contribution in [1.82, 2.24) is 9.88 Å². The van der Waals surface area contributed by atoms with Gasteiger partial charge in [0.05, 0.1) is 0 Å². The second-order valence-electron chi connectivity index (χ2n) is 4.69. The number of fused-ring (bicyclic) bond motifs is 1. The minimum atomic E-state index is 0.632. The molecule has 0 amide bonds. The number of nitrogens with one attached hydrogen (secondary N) is 1. The van der Waals surface area contributed by atoms with Gasteiger partial charge >= 0.3 is 0 Å². The Morgan fingerprint density at radius 3 is 2.74 bits per heavy atom. The van der Waals surface area contributed by atoms with E-state index in [1.165, 1.54) is 11.3 Å². The minimum absolute atomic E-state index is 0.632. The van der Waals surface area contributed by atoms with Crippen LogP contribution in [0.5, 0.6) is 11.5 Å². The summed E-state index contributed by atoms with van der Waals surface area (Å²) in [5, 5.41) is 3.43. The third-order valence-corrected chi connectivity index (χ3v) is 3.29. The zero-order valence-electron chi connectivity index (χ0n) is 11.1. The maximum atomic E-state index is 5.58. The molecule has 0 unspecified atom stereocenters. The molecule has 0 saturated heterocycles. The van der Waals surface area contributed by atoms with Gasteiger partial charge < -0.3 is 19.4 Å². The van der Waals surface area contributed by atoms with Gasteiger partial charge in [0.2, 0.25) is 0 Å². The van der Waals surface area contributed by atoms with Crippen LogP contribution in [0.4, 0.5) is 0 Å². The van der Waals surface area contributed by atoms with E-state index in [1.54, 1.807) is 0 Å². The van der Waals surface area contributed by atoms with E-state index in [9.17, 15) is 0 Å². The Balaban J connectivity index is 1.59. The quantitative estimate of drug-likeness (QED) is 0.912. The van der Waals surface area contributed by atoms with Gasteiger partial charge in [-0.3, -0.25) is 0 Å². The summed E-state index contributed by atoms with van der Waals surface area (Å²) in [6, 6.07) is 10.3. The molecular weight excluding hydrogens is 240 g/mol. The SMILES string of the molecule is Cn1cccc1CNCc1ccc2c(c1)OCCO2. The smallest absolute Gasteiger partial charge is 0.161 e. The first-order valence-corrected chi connectivity index (χ1v) is 6.52. The molecule has 1 aliphatic rings. The van der Waals surface area contributed by atoms with Gasteiger partial charge in [0.15, 0.2) is 11.5 Å². The molecule has 0 fully saturated rings. The second kappa shape index (κ2) is 5.36. The highest BCUT2D eigenvalue weighted by Crippen LogP contribution is 2.30. The highest BCUT2D eigenvalue weighted by molar-refractivity contribution is 5.43. The fraction of sp³-hybridized carbons (Fsp3) is 0.333. The molecule has 1 N–H and O–H groups in total. The topological polar surface area (TPSA) is 35.4 Å². The number of aryl methyl sites for hydroxylation is 1. The van der Waals surface area contributed by atoms with Crippen LogP contribution in [0.1, 0.15) is 11.3 Å². The van der Waals surface area contributed by atoms with Crippen molar-refractivity contribution in [3.8, 4) is 11.5 Å². The van der Waals surface area contributed by atoms with Crippen molar-refractivity contribution in [2.45, 2.75) is 13.1 Å². The molecular formula is C15H18N2O2. The van der Waals surface area contributed by atoms with Crippen molar-refractivity contribution < 1.29 is 9.47 Å². The highest BCUT2D eigenvalue weighted by Gasteiger charge is 2.11. The van der Waals surface area contributed by atoms with Gasteiger partial charge in [0, 0.05) is 32.0 Å². The molecule has 3 rings (SSSR count). The van der Waals surface area contributed by atoms with E-state index in [2.05, 4.69) is 41.3 Å². The van der Waals surface area contributed by atoms with Gasteiger partial charge in [-0.25, -0.2) is 0 Å². The van der Waals surface area contributed by atoms with Crippen molar-refractivity contribution >= 4 is 0 Å². The Hall–Kier alpha value is -1.94. The average Bonchev–Trinajstić information content (AvgIpc) is 2.84.